The molecule has 0 bridgehead atoms. The van der Waals surface area contributed by atoms with E-state index in [4.69, 9.17) is 0 Å². The number of aromatic nitrogens is 2. The smallest absolute Gasteiger partial charge is 0.267 e. The highest BCUT2D eigenvalue weighted by atomic mass is 16.2. The Balaban J connectivity index is 1.39. The summed E-state index contributed by atoms with van der Waals surface area (Å²) in [7, 11) is 0. The number of Topliss-reactive ketones (excluding diaryl/α,β-unsaturated/α-hetero) is 1. The van der Waals surface area contributed by atoms with E-state index in [0.29, 0.717) is 45.3 Å². The predicted molar refractivity (Wildman–Crippen MR) is 134 cm³/mol. The molecule has 2 aliphatic rings. The van der Waals surface area contributed by atoms with E-state index in [-0.39, 0.29) is 11.3 Å². The molecule has 0 spiro atoms. The first-order chi connectivity index (χ1) is 17.5. The normalized spacial score (nSPS) is 20.1. The molecule has 1 N–H and O–H groups in total. The van der Waals surface area contributed by atoms with Crippen molar-refractivity contribution in [3.05, 3.63) is 82.0 Å². The lowest BCUT2D eigenvalue weighted by Crippen LogP contribution is -2.44. The van der Waals surface area contributed by atoms with Crippen LogP contribution >= 0.6 is 0 Å². The number of nitriles is 1. The van der Waals surface area contributed by atoms with Crippen LogP contribution in [-0.2, 0) is 16.8 Å². The van der Waals surface area contributed by atoms with Crippen molar-refractivity contribution in [3.63, 3.8) is 0 Å². The molecule has 1 aliphatic heterocycles. The molecular formula is C28H29N5O3. The van der Waals surface area contributed by atoms with Crippen LogP contribution in [0.2, 0.25) is 0 Å². The van der Waals surface area contributed by atoms with Gasteiger partial charge in [-0.25, -0.2) is 0 Å². The molecule has 3 aromatic rings. The molecule has 36 heavy (non-hydrogen) atoms. The lowest BCUT2D eigenvalue weighted by molar-refractivity contribution is -0.122. The molecule has 1 amide bonds. The molecular weight excluding hydrogens is 454 g/mol. The van der Waals surface area contributed by atoms with Gasteiger partial charge in [0.2, 0.25) is 0 Å². The Hall–Kier alpha value is -3.83. The van der Waals surface area contributed by atoms with Gasteiger partial charge < -0.3 is 5.32 Å². The molecule has 4 heterocycles. The van der Waals surface area contributed by atoms with E-state index in [9.17, 15) is 19.6 Å². The first-order valence-electron chi connectivity index (χ1n) is 12.5. The number of ketones is 1. The Morgan fingerprint density at radius 1 is 1.14 bits per heavy atom. The molecule has 184 valence electrons. The van der Waals surface area contributed by atoms with Crippen LogP contribution in [0.4, 0.5) is 0 Å². The van der Waals surface area contributed by atoms with Gasteiger partial charge in [0.15, 0.2) is 5.78 Å². The van der Waals surface area contributed by atoms with Gasteiger partial charge in [0, 0.05) is 38.4 Å². The number of hydrogen-bond donors (Lipinski definition) is 1. The van der Waals surface area contributed by atoms with Crippen molar-refractivity contribution in [1.82, 2.24) is 19.6 Å². The Morgan fingerprint density at radius 3 is 2.67 bits per heavy atom. The maximum absolute atomic E-state index is 13.2. The number of piperidine rings is 1. The van der Waals surface area contributed by atoms with Gasteiger partial charge in [-0.05, 0) is 61.6 Å². The number of rotatable bonds is 5. The highest BCUT2D eigenvalue weighted by Crippen LogP contribution is 2.34. The van der Waals surface area contributed by atoms with Gasteiger partial charge in [0.05, 0.1) is 23.3 Å². The van der Waals surface area contributed by atoms with E-state index in [1.54, 1.807) is 24.5 Å². The molecule has 5 rings (SSSR count). The first-order valence-corrected chi connectivity index (χ1v) is 12.5. The zero-order valence-electron chi connectivity index (χ0n) is 20.2. The minimum absolute atomic E-state index is 0.0258. The number of nitrogens with zero attached hydrogens (tertiary/aromatic N) is 4. The third-order valence-electron chi connectivity index (χ3n) is 7.53. The summed E-state index contributed by atoms with van der Waals surface area (Å²) in [5, 5.41) is 12.8. The standard InChI is InChI=1S/C28H29N5O3/c29-19-28(25-10-3-5-13-30-25)11-15-32(16-12-28)18-20-17-21(27(36)33-14-6-4-8-23(20)33)26(35)31-22-7-1-2-9-24(22)34/h3-6,8,10,13-14,17,22H,1-2,7,9,11-12,15-16,18H2,(H,31,35)/t22-/m1/s1. The summed E-state index contributed by atoms with van der Waals surface area (Å²) in [5.74, 6) is -0.477. The molecule has 1 atom stereocenters. The van der Waals surface area contributed by atoms with E-state index < -0.39 is 22.9 Å². The first kappa shape index (κ1) is 23.9. The van der Waals surface area contributed by atoms with E-state index in [1.807, 2.05) is 30.3 Å². The van der Waals surface area contributed by atoms with Crippen LogP contribution in [0.1, 0.15) is 60.1 Å². The van der Waals surface area contributed by atoms with Gasteiger partial charge in [-0.2, -0.15) is 5.26 Å². The van der Waals surface area contributed by atoms with E-state index in [2.05, 4.69) is 21.3 Å². The maximum Gasteiger partial charge on any atom is 0.267 e. The lowest BCUT2D eigenvalue weighted by atomic mass is 9.76. The lowest BCUT2D eigenvalue weighted by Gasteiger charge is -2.37. The van der Waals surface area contributed by atoms with Gasteiger partial charge in [0.1, 0.15) is 11.0 Å². The fraction of sp³-hybridized carbons (Fsp3) is 0.393. The van der Waals surface area contributed by atoms with Crippen molar-refractivity contribution in [2.75, 3.05) is 13.1 Å². The largest absolute Gasteiger partial charge is 0.342 e. The molecule has 1 saturated carbocycles. The molecule has 1 saturated heterocycles. The Bertz CT molecular complexity index is 1380. The van der Waals surface area contributed by atoms with Gasteiger partial charge in [-0.3, -0.25) is 28.7 Å². The number of amides is 1. The summed E-state index contributed by atoms with van der Waals surface area (Å²) in [6.07, 6.45) is 7.50. The minimum Gasteiger partial charge on any atom is -0.342 e. The summed E-state index contributed by atoms with van der Waals surface area (Å²) in [4.78, 5) is 45.2. The fourth-order valence-corrected chi connectivity index (χ4v) is 5.39. The highest BCUT2D eigenvalue weighted by molar-refractivity contribution is 5.98. The minimum atomic E-state index is -0.606. The fourth-order valence-electron chi connectivity index (χ4n) is 5.39. The van der Waals surface area contributed by atoms with Crippen LogP contribution in [0.25, 0.3) is 5.52 Å². The summed E-state index contributed by atoms with van der Waals surface area (Å²) in [5.41, 5.74) is 1.45. The molecule has 2 fully saturated rings. The number of carbonyl (C=O) groups excluding carboxylic acids is 2. The van der Waals surface area contributed by atoms with Crippen LogP contribution in [0.3, 0.4) is 0 Å². The molecule has 8 heteroatoms. The summed E-state index contributed by atoms with van der Waals surface area (Å²) < 4.78 is 1.50. The molecule has 0 unspecified atom stereocenters. The molecule has 1 aliphatic carbocycles. The highest BCUT2D eigenvalue weighted by Gasteiger charge is 2.37. The third-order valence-corrected chi connectivity index (χ3v) is 7.53. The van der Waals surface area contributed by atoms with Gasteiger partial charge in [0.25, 0.3) is 11.5 Å². The second kappa shape index (κ2) is 10.0. The summed E-state index contributed by atoms with van der Waals surface area (Å²) >= 11 is 0. The van der Waals surface area contributed by atoms with Crippen LogP contribution in [-0.4, -0.2) is 45.1 Å². The molecule has 0 radical (unpaired) electrons. The Labute approximate surface area is 209 Å². The third kappa shape index (κ3) is 4.54. The topological polar surface area (TPSA) is 108 Å². The van der Waals surface area contributed by atoms with Crippen molar-refractivity contribution in [3.8, 4) is 6.07 Å². The quantitative estimate of drug-likeness (QED) is 0.598. The Kier molecular flexibility index (Phi) is 6.66. The van der Waals surface area contributed by atoms with Crippen molar-refractivity contribution in [1.29, 1.82) is 5.26 Å². The van der Waals surface area contributed by atoms with Gasteiger partial charge >= 0.3 is 0 Å². The molecule has 0 aromatic carbocycles. The SMILES string of the molecule is N#CC1(c2ccccn2)CCN(Cc2cc(C(=O)N[C@@H]3CCCCC3=O)c(=O)n3ccccc23)CC1. The number of pyridine rings is 3. The van der Waals surface area contributed by atoms with E-state index >= 15 is 0 Å². The van der Waals surface area contributed by atoms with Crippen molar-refractivity contribution < 1.29 is 9.59 Å². The maximum atomic E-state index is 13.2. The average molecular weight is 484 g/mol. The molecule has 8 nitrogen and oxygen atoms in total. The van der Waals surface area contributed by atoms with E-state index in [0.717, 1.165) is 29.6 Å². The van der Waals surface area contributed by atoms with E-state index in [1.165, 1.54) is 4.40 Å². The van der Waals surface area contributed by atoms with Crippen molar-refractivity contribution in [2.24, 2.45) is 0 Å². The van der Waals surface area contributed by atoms with Crippen LogP contribution in [0.5, 0.6) is 0 Å². The monoisotopic (exact) mass is 483 g/mol. The number of fused-ring (bicyclic) bond motifs is 1. The second-order valence-corrected chi connectivity index (χ2v) is 9.77. The average Bonchev–Trinajstić information content (AvgIpc) is 2.92. The predicted octanol–water partition coefficient (Wildman–Crippen LogP) is 2.99. The van der Waals surface area contributed by atoms with Crippen molar-refractivity contribution >= 4 is 17.2 Å². The zero-order chi connectivity index (χ0) is 25.1. The summed E-state index contributed by atoms with van der Waals surface area (Å²) in [6.45, 7) is 1.93. The van der Waals surface area contributed by atoms with Crippen LogP contribution in [0, 0.1) is 11.3 Å². The number of hydrogen-bond acceptors (Lipinski definition) is 6. The number of nitrogens with one attached hydrogen (secondary N) is 1. The van der Waals surface area contributed by atoms with Gasteiger partial charge in [-0.15, -0.1) is 0 Å². The number of likely N-dealkylation sites (tertiary alicyclic amines) is 1. The van der Waals surface area contributed by atoms with Crippen molar-refractivity contribution in [2.45, 2.75) is 56.5 Å². The Morgan fingerprint density at radius 2 is 1.94 bits per heavy atom. The molecule has 3 aromatic heterocycles. The summed E-state index contributed by atoms with van der Waals surface area (Å²) in [6, 6.07) is 14.8. The number of carbonyl (C=O) groups is 2. The zero-order valence-corrected chi connectivity index (χ0v) is 20.2. The second-order valence-electron chi connectivity index (χ2n) is 9.77. The van der Waals surface area contributed by atoms with Gasteiger partial charge in [-0.1, -0.05) is 18.6 Å². The van der Waals surface area contributed by atoms with Crippen LogP contribution < -0.4 is 10.9 Å². The van der Waals surface area contributed by atoms with Crippen LogP contribution in [0.15, 0.2) is 59.7 Å².